The van der Waals surface area contributed by atoms with E-state index in [1.165, 1.54) is 17.8 Å². The summed E-state index contributed by atoms with van der Waals surface area (Å²) in [6.07, 6.45) is 3.49. The Morgan fingerprint density at radius 3 is 2.39 bits per heavy atom. The molecule has 5 atom stereocenters. The van der Waals surface area contributed by atoms with Gasteiger partial charge in [0.1, 0.15) is 23.5 Å². The van der Waals surface area contributed by atoms with Crippen LogP contribution >= 0.6 is 7.75 Å². The van der Waals surface area contributed by atoms with Crippen LogP contribution in [-0.2, 0) is 37.7 Å². The smallest absolute Gasteiger partial charge is 0.459 e. The highest BCUT2D eigenvalue weighted by Gasteiger charge is 2.53. The van der Waals surface area contributed by atoms with E-state index in [0.29, 0.717) is 0 Å². The number of esters is 2. The largest absolute Gasteiger partial charge is 0.461 e. The molecule has 0 spiro atoms. The van der Waals surface area contributed by atoms with Gasteiger partial charge < -0.3 is 28.6 Å². The maximum absolute atomic E-state index is 14.7. The van der Waals surface area contributed by atoms with Crippen molar-refractivity contribution in [2.75, 3.05) is 18.5 Å². The lowest BCUT2D eigenvalue weighted by molar-refractivity contribution is -0.165. The Morgan fingerprint density at radius 2 is 1.73 bits per heavy atom. The molecule has 2 aliphatic rings. The number of para-hydroxylation sites is 1. The number of imidazole rings is 1. The van der Waals surface area contributed by atoms with Gasteiger partial charge in [-0.05, 0) is 51.7 Å². The number of benzene rings is 1. The van der Waals surface area contributed by atoms with E-state index in [1.807, 2.05) is 0 Å². The number of ether oxygens (including phenoxy) is 3. The standard InChI is InChI=1S/C34H46FN6O9P/c1-20(2)30(42)37-28-26-29(39-33(35)38-28)41(19-36-26)25-17-46-34(6,27(25)49-31(43)21(3)4)18-47-51(45,50-24-15-11-8-12-16-24)40-22(5)32(44)48-23-13-9-7-10-14-23/h8,11-12,15-16,19-23,25,27H,7,9-10,13-14,17-18H2,1-6H3,(H,40,45)(H,37,38,39,42)/t22-,25+,27-,34+,51-/m0/s1. The second-order valence-electron chi connectivity index (χ2n) is 13.7. The summed E-state index contributed by atoms with van der Waals surface area (Å²) < 4.78 is 60.4. The van der Waals surface area contributed by atoms with Crippen LogP contribution in [0.3, 0.4) is 0 Å². The molecule has 278 valence electrons. The Morgan fingerprint density at radius 1 is 1.02 bits per heavy atom. The topological polar surface area (TPSA) is 182 Å². The minimum atomic E-state index is -4.33. The van der Waals surface area contributed by atoms with Crippen molar-refractivity contribution in [3.63, 3.8) is 0 Å². The fourth-order valence-electron chi connectivity index (χ4n) is 5.81. The number of nitrogens with zero attached hydrogens (tertiary/aromatic N) is 4. The zero-order valence-corrected chi connectivity index (χ0v) is 30.6. The zero-order chi connectivity index (χ0) is 36.9. The van der Waals surface area contributed by atoms with Crippen molar-refractivity contribution < 1.29 is 46.6 Å². The molecular formula is C34H46FN6O9P. The van der Waals surface area contributed by atoms with Crippen molar-refractivity contribution in [2.24, 2.45) is 11.8 Å². The average Bonchev–Trinajstić information content (AvgIpc) is 3.65. The molecule has 3 aromatic rings. The van der Waals surface area contributed by atoms with E-state index in [2.05, 4.69) is 25.4 Å². The molecule has 17 heteroatoms. The van der Waals surface area contributed by atoms with E-state index in [4.69, 9.17) is 23.3 Å². The minimum Gasteiger partial charge on any atom is -0.461 e. The molecular weight excluding hydrogens is 686 g/mol. The van der Waals surface area contributed by atoms with Crippen molar-refractivity contribution in [2.45, 2.75) is 104 Å². The summed E-state index contributed by atoms with van der Waals surface area (Å²) in [4.78, 5) is 50.6. The lowest BCUT2D eigenvalue weighted by atomic mass is 9.96. The maximum Gasteiger partial charge on any atom is 0.459 e. The maximum atomic E-state index is 14.7. The van der Waals surface area contributed by atoms with E-state index in [1.54, 1.807) is 65.0 Å². The first-order valence-electron chi connectivity index (χ1n) is 17.2. The Hall–Kier alpha value is -3.98. The predicted octanol–water partition coefficient (Wildman–Crippen LogP) is 5.52. The number of carbonyl (C=O) groups excluding carboxylic acids is 3. The Labute approximate surface area is 295 Å². The molecule has 15 nitrogen and oxygen atoms in total. The van der Waals surface area contributed by atoms with E-state index in [0.717, 1.165) is 32.1 Å². The van der Waals surface area contributed by atoms with Crippen molar-refractivity contribution in [3.8, 4) is 5.75 Å². The highest BCUT2D eigenvalue weighted by atomic mass is 31.2. The number of nitrogens with one attached hydrogen (secondary N) is 2. The number of fused-ring (bicyclic) bond motifs is 1. The van der Waals surface area contributed by atoms with Crippen LogP contribution in [0.15, 0.2) is 36.7 Å². The molecule has 51 heavy (non-hydrogen) atoms. The van der Waals surface area contributed by atoms with Crippen molar-refractivity contribution in [3.05, 3.63) is 42.7 Å². The predicted molar refractivity (Wildman–Crippen MR) is 183 cm³/mol. The molecule has 1 aliphatic heterocycles. The Kier molecular flexibility index (Phi) is 12.1. The fourth-order valence-corrected chi connectivity index (χ4v) is 7.40. The fraction of sp³-hybridized carbons (Fsp3) is 0.588. The summed E-state index contributed by atoms with van der Waals surface area (Å²) in [7, 11) is -4.33. The molecule has 2 fully saturated rings. The lowest BCUT2D eigenvalue weighted by Crippen LogP contribution is -2.47. The molecule has 3 heterocycles. The van der Waals surface area contributed by atoms with Crippen molar-refractivity contribution >= 4 is 42.6 Å². The van der Waals surface area contributed by atoms with Gasteiger partial charge in [0.2, 0.25) is 5.91 Å². The summed E-state index contributed by atoms with van der Waals surface area (Å²) in [5.41, 5.74) is -1.31. The molecule has 2 aromatic heterocycles. The second-order valence-corrected chi connectivity index (χ2v) is 15.4. The summed E-state index contributed by atoms with van der Waals surface area (Å²) in [6.45, 7) is 9.29. The summed E-state index contributed by atoms with van der Waals surface area (Å²) in [5.74, 6) is -2.39. The number of anilines is 1. The third-order valence-electron chi connectivity index (χ3n) is 8.80. The van der Waals surface area contributed by atoms with Gasteiger partial charge in [-0.25, -0.2) is 9.55 Å². The third kappa shape index (κ3) is 9.28. The van der Waals surface area contributed by atoms with Crippen LogP contribution in [-0.4, -0.2) is 74.4 Å². The van der Waals surface area contributed by atoms with Crippen LogP contribution < -0.4 is 14.9 Å². The molecule has 0 bridgehead atoms. The van der Waals surface area contributed by atoms with E-state index in [-0.39, 0.29) is 35.4 Å². The highest BCUT2D eigenvalue weighted by molar-refractivity contribution is 7.52. The van der Waals surface area contributed by atoms with Crippen LogP contribution in [0.1, 0.15) is 79.7 Å². The molecule has 2 N–H and O–H groups in total. The van der Waals surface area contributed by atoms with Gasteiger partial charge in [0.25, 0.3) is 0 Å². The molecule has 1 saturated heterocycles. The van der Waals surface area contributed by atoms with E-state index >= 15 is 0 Å². The molecule has 1 saturated carbocycles. The van der Waals surface area contributed by atoms with Crippen LogP contribution in [0.25, 0.3) is 11.2 Å². The van der Waals surface area contributed by atoms with Gasteiger partial charge in [0.05, 0.1) is 31.5 Å². The lowest BCUT2D eigenvalue weighted by Gasteiger charge is -2.33. The number of aromatic nitrogens is 4. The molecule has 5 rings (SSSR count). The van der Waals surface area contributed by atoms with Gasteiger partial charge in [0, 0.05) is 5.92 Å². The number of hydrogen-bond donors (Lipinski definition) is 2. The van der Waals surface area contributed by atoms with Gasteiger partial charge >= 0.3 is 25.8 Å². The third-order valence-corrected chi connectivity index (χ3v) is 10.4. The summed E-state index contributed by atoms with van der Waals surface area (Å²) in [6, 6.07) is 6.42. The first-order valence-corrected chi connectivity index (χ1v) is 18.7. The average molecular weight is 733 g/mol. The number of rotatable bonds is 14. The van der Waals surface area contributed by atoms with Crippen molar-refractivity contribution in [1.29, 1.82) is 0 Å². The first kappa shape index (κ1) is 38.3. The van der Waals surface area contributed by atoms with Gasteiger partial charge in [-0.15, -0.1) is 0 Å². The normalized spacial score (nSPS) is 22.8. The second kappa shape index (κ2) is 16.1. The van der Waals surface area contributed by atoms with Crippen LogP contribution in [0.5, 0.6) is 5.75 Å². The van der Waals surface area contributed by atoms with Gasteiger partial charge in [0.15, 0.2) is 23.1 Å². The number of amides is 1. The number of hydrogen-bond acceptors (Lipinski definition) is 12. The quantitative estimate of drug-likeness (QED) is 0.120. The summed E-state index contributed by atoms with van der Waals surface area (Å²) in [5, 5.41) is 5.29. The van der Waals surface area contributed by atoms with E-state index < -0.39 is 73.9 Å². The zero-order valence-electron chi connectivity index (χ0n) is 29.7. The molecule has 1 aromatic carbocycles. The van der Waals surface area contributed by atoms with Gasteiger partial charge in [-0.1, -0.05) is 52.3 Å². The highest BCUT2D eigenvalue weighted by Crippen LogP contribution is 2.48. The van der Waals surface area contributed by atoms with Crippen LogP contribution in [0.2, 0.25) is 0 Å². The SMILES string of the molecule is CC(C)C(=O)Nc1nc(F)nc2c1ncn2[C@@H]1CO[C@](C)(CO[P@@](=O)(N[C@@H](C)C(=O)OC2CCCCC2)Oc2ccccc2)[C@H]1OC(=O)C(C)C. The summed E-state index contributed by atoms with van der Waals surface area (Å²) >= 11 is 0. The molecule has 1 aliphatic carbocycles. The Bertz CT molecular complexity index is 1750. The van der Waals surface area contributed by atoms with E-state index in [9.17, 15) is 23.3 Å². The molecule has 1 amide bonds. The van der Waals surface area contributed by atoms with Gasteiger partial charge in [-0.2, -0.15) is 19.4 Å². The number of carbonyl (C=O) groups is 3. The van der Waals surface area contributed by atoms with Gasteiger partial charge in [-0.3, -0.25) is 18.9 Å². The molecule has 0 radical (unpaired) electrons. The molecule has 0 unspecified atom stereocenters. The van der Waals surface area contributed by atoms with Crippen molar-refractivity contribution in [1.82, 2.24) is 24.6 Å². The Balaban J connectivity index is 1.42. The first-order chi connectivity index (χ1) is 24.2. The number of halogens is 1. The monoisotopic (exact) mass is 732 g/mol. The van der Waals surface area contributed by atoms with Crippen LogP contribution in [0, 0.1) is 17.9 Å². The van der Waals surface area contributed by atoms with Crippen LogP contribution in [0.4, 0.5) is 10.2 Å². The minimum absolute atomic E-state index is 0.0240.